The highest BCUT2D eigenvalue weighted by Crippen LogP contribution is 1.97. The van der Waals surface area contributed by atoms with Gasteiger partial charge in [0.25, 0.3) is 0 Å². The van der Waals surface area contributed by atoms with Crippen LogP contribution in [0.1, 0.15) is 33.6 Å². The smallest absolute Gasteiger partial charge is 0.191 e. The summed E-state index contributed by atoms with van der Waals surface area (Å²) in [6.45, 7) is 9.30. The number of nitrogens with one attached hydrogen (secondary N) is 2. The van der Waals surface area contributed by atoms with Gasteiger partial charge < -0.3 is 10.6 Å². The van der Waals surface area contributed by atoms with Crippen molar-refractivity contribution in [3.63, 3.8) is 0 Å². The Balaban J connectivity index is 0. The molecule has 5 heteroatoms. The molecule has 0 aromatic heterocycles. The van der Waals surface area contributed by atoms with Gasteiger partial charge in [-0.05, 0) is 37.7 Å². The van der Waals surface area contributed by atoms with E-state index in [4.69, 9.17) is 0 Å². The third-order valence-corrected chi connectivity index (χ3v) is 2.72. The van der Waals surface area contributed by atoms with Crippen molar-refractivity contribution < 1.29 is 0 Å². The van der Waals surface area contributed by atoms with Gasteiger partial charge in [0.15, 0.2) is 5.96 Å². The van der Waals surface area contributed by atoms with Crippen LogP contribution in [0.3, 0.4) is 0 Å². The summed E-state index contributed by atoms with van der Waals surface area (Å²) in [6.07, 6.45) is 4.65. The van der Waals surface area contributed by atoms with Gasteiger partial charge in [-0.1, -0.05) is 13.8 Å². The fourth-order valence-corrected chi connectivity index (χ4v) is 1.69. The standard InChI is InChI=1S/C12H27N3S.HI/c1-5-13-12(15-10-11(2)3)14-8-6-7-9-16-4;/h11H,5-10H2,1-4H3,(H2,13,14,15);1H. The van der Waals surface area contributed by atoms with Gasteiger partial charge >= 0.3 is 0 Å². The summed E-state index contributed by atoms with van der Waals surface area (Å²) in [5.74, 6) is 2.83. The van der Waals surface area contributed by atoms with E-state index in [9.17, 15) is 0 Å². The Kier molecular flexibility index (Phi) is 16.7. The zero-order valence-corrected chi connectivity index (χ0v) is 14.7. The molecule has 0 aliphatic rings. The van der Waals surface area contributed by atoms with Gasteiger partial charge in [-0.15, -0.1) is 24.0 Å². The molecule has 3 nitrogen and oxygen atoms in total. The summed E-state index contributed by atoms with van der Waals surface area (Å²) in [7, 11) is 0. The van der Waals surface area contributed by atoms with Gasteiger partial charge in [0.05, 0.1) is 0 Å². The maximum atomic E-state index is 4.52. The minimum absolute atomic E-state index is 0. The summed E-state index contributed by atoms with van der Waals surface area (Å²) >= 11 is 1.91. The number of unbranched alkanes of at least 4 members (excludes halogenated alkanes) is 1. The average Bonchev–Trinajstić information content (AvgIpc) is 2.25. The first-order valence-corrected chi connectivity index (χ1v) is 7.61. The van der Waals surface area contributed by atoms with Gasteiger partial charge in [0.1, 0.15) is 0 Å². The van der Waals surface area contributed by atoms with Crippen LogP contribution in [0.25, 0.3) is 0 Å². The molecule has 0 aromatic rings. The van der Waals surface area contributed by atoms with Crippen LogP contribution in [-0.2, 0) is 0 Å². The molecule has 0 aliphatic carbocycles. The fourth-order valence-electron chi connectivity index (χ4n) is 1.19. The number of aliphatic imine (C=N–C) groups is 1. The Morgan fingerprint density at radius 2 is 1.94 bits per heavy atom. The zero-order valence-electron chi connectivity index (χ0n) is 11.6. The van der Waals surface area contributed by atoms with Gasteiger partial charge in [-0.3, -0.25) is 4.99 Å². The molecule has 0 rings (SSSR count). The van der Waals surface area contributed by atoms with Crippen LogP contribution in [0, 0.1) is 5.92 Å². The van der Waals surface area contributed by atoms with Gasteiger partial charge in [-0.2, -0.15) is 11.8 Å². The SMILES string of the molecule is CCNC(=NCC(C)C)NCCCCSC.I. The van der Waals surface area contributed by atoms with Crippen LogP contribution in [0.5, 0.6) is 0 Å². The number of hydrogen-bond acceptors (Lipinski definition) is 2. The molecule has 0 unspecified atom stereocenters. The zero-order chi connectivity index (χ0) is 12.2. The Hall–Kier alpha value is 0.350. The van der Waals surface area contributed by atoms with Gasteiger partial charge in [0.2, 0.25) is 0 Å². The van der Waals surface area contributed by atoms with Crippen molar-refractivity contribution in [3.05, 3.63) is 0 Å². The van der Waals surface area contributed by atoms with E-state index >= 15 is 0 Å². The van der Waals surface area contributed by atoms with Gasteiger partial charge in [-0.25, -0.2) is 0 Å². The second kappa shape index (κ2) is 14.4. The van der Waals surface area contributed by atoms with Gasteiger partial charge in [0, 0.05) is 19.6 Å². The Labute approximate surface area is 128 Å². The third kappa shape index (κ3) is 14.3. The molecule has 0 aliphatic heterocycles. The molecule has 0 heterocycles. The highest BCUT2D eigenvalue weighted by atomic mass is 127. The third-order valence-electron chi connectivity index (χ3n) is 2.03. The summed E-state index contributed by atoms with van der Waals surface area (Å²) in [5, 5.41) is 6.63. The number of nitrogens with zero attached hydrogens (tertiary/aromatic N) is 1. The summed E-state index contributed by atoms with van der Waals surface area (Å²) < 4.78 is 0. The minimum Gasteiger partial charge on any atom is -0.357 e. The van der Waals surface area contributed by atoms with Crippen molar-refractivity contribution in [2.75, 3.05) is 31.6 Å². The molecule has 2 N–H and O–H groups in total. The number of guanidine groups is 1. The fraction of sp³-hybridized carbons (Fsp3) is 0.917. The quantitative estimate of drug-likeness (QED) is 0.297. The van der Waals surface area contributed by atoms with E-state index in [2.05, 4.69) is 42.7 Å². The first kappa shape index (κ1) is 19.7. The monoisotopic (exact) mass is 373 g/mol. The predicted molar refractivity (Wildman–Crippen MR) is 91.9 cm³/mol. The Morgan fingerprint density at radius 1 is 1.24 bits per heavy atom. The molecule has 0 amide bonds. The number of hydrogen-bond donors (Lipinski definition) is 2. The predicted octanol–water partition coefficient (Wildman–Crippen LogP) is 2.96. The molecule has 0 bridgehead atoms. The Morgan fingerprint density at radius 3 is 2.47 bits per heavy atom. The largest absolute Gasteiger partial charge is 0.357 e. The molecule has 0 spiro atoms. The molecule has 0 saturated carbocycles. The first-order valence-electron chi connectivity index (χ1n) is 6.21. The summed E-state index contributed by atoms with van der Waals surface area (Å²) in [5.41, 5.74) is 0. The van der Waals surface area contributed by atoms with Crippen molar-refractivity contribution in [1.82, 2.24) is 10.6 Å². The van der Waals surface area contributed by atoms with Crippen LogP contribution < -0.4 is 10.6 Å². The molecular formula is C12H28IN3S. The molecular weight excluding hydrogens is 345 g/mol. The molecule has 17 heavy (non-hydrogen) atoms. The van der Waals surface area contributed by atoms with E-state index in [0.29, 0.717) is 5.92 Å². The average molecular weight is 373 g/mol. The maximum Gasteiger partial charge on any atom is 0.191 e. The van der Waals surface area contributed by atoms with E-state index < -0.39 is 0 Å². The molecule has 0 aromatic carbocycles. The highest BCUT2D eigenvalue weighted by Gasteiger charge is 1.97. The lowest BCUT2D eigenvalue weighted by molar-refractivity contribution is 0.653. The first-order chi connectivity index (χ1) is 7.70. The second-order valence-corrected chi connectivity index (χ2v) is 5.23. The molecule has 0 saturated heterocycles. The lowest BCUT2D eigenvalue weighted by atomic mass is 10.2. The van der Waals surface area contributed by atoms with E-state index in [1.807, 2.05) is 11.8 Å². The highest BCUT2D eigenvalue weighted by molar-refractivity contribution is 14.0. The molecule has 0 radical (unpaired) electrons. The molecule has 104 valence electrons. The maximum absolute atomic E-state index is 4.52. The van der Waals surface area contributed by atoms with Crippen molar-refractivity contribution in [2.45, 2.75) is 33.6 Å². The lowest BCUT2D eigenvalue weighted by Crippen LogP contribution is -2.38. The summed E-state index contributed by atoms with van der Waals surface area (Å²) in [6, 6.07) is 0. The van der Waals surface area contributed by atoms with Crippen molar-refractivity contribution in [3.8, 4) is 0 Å². The number of thioether (sulfide) groups is 1. The topological polar surface area (TPSA) is 36.4 Å². The van der Waals surface area contributed by atoms with E-state index in [1.165, 1.54) is 18.6 Å². The minimum atomic E-state index is 0. The van der Waals surface area contributed by atoms with Crippen LogP contribution in [0.15, 0.2) is 4.99 Å². The Bertz CT molecular complexity index is 187. The lowest BCUT2D eigenvalue weighted by Gasteiger charge is -2.11. The van der Waals surface area contributed by atoms with Crippen LogP contribution in [0.4, 0.5) is 0 Å². The van der Waals surface area contributed by atoms with Crippen LogP contribution in [0.2, 0.25) is 0 Å². The molecule has 0 atom stereocenters. The van der Waals surface area contributed by atoms with Crippen molar-refractivity contribution in [1.29, 1.82) is 0 Å². The number of halogens is 1. The van der Waals surface area contributed by atoms with E-state index in [0.717, 1.165) is 25.6 Å². The van der Waals surface area contributed by atoms with Crippen molar-refractivity contribution >= 4 is 41.7 Å². The summed E-state index contributed by atoms with van der Waals surface area (Å²) in [4.78, 5) is 4.52. The normalized spacial score (nSPS) is 11.2. The number of rotatable bonds is 8. The molecule has 0 fully saturated rings. The van der Waals surface area contributed by atoms with E-state index in [-0.39, 0.29) is 24.0 Å². The van der Waals surface area contributed by atoms with Crippen LogP contribution >= 0.6 is 35.7 Å². The second-order valence-electron chi connectivity index (χ2n) is 4.24. The van der Waals surface area contributed by atoms with Crippen molar-refractivity contribution in [2.24, 2.45) is 10.9 Å². The van der Waals surface area contributed by atoms with E-state index in [1.54, 1.807) is 0 Å². The van der Waals surface area contributed by atoms with Crippen LogP contribution in [-0.4, -0.2) is 37.6 Å².